The molecule has 3 aromatic rings. The van der Waals surface area contributed by atoms with E-state index in [1.165, 1.54) is 0 Å². The molecule has 4 rings (SSSR count). The lowest BCUT2D eigenvalue weighted by atomic mass is 10.0. The van der Waals surface area contributed by atoms with Gasteiger partial charge in [-0.2, -0.15) is 0 Å². The molecule has 3 heterocycles. The highest BCUT2D eigenvalue weighted by atomic mass is 32.2. The maximum absolute atomic E-state index is 13.0. The SMILES string of the molecule is COCCOc1cnccc1-c1[nH]c2c(c1Nc1ccccc1)C(=O)CN(SC)C2. The number of ether oxygens (including phenoxy) is 2. The summed E-state index contributed by atoms with van der Waals surface area (Å²) >= 11 is 1.57. The number of para-hydroxylation sites is 1. The summed E-state index contributed by atoms with van der Waals surface area (Å²) < 4.78 is 13.0. The van der Waals surface area contributed by atoms with Gasteiger partial charge < -0.3 is 19.8 Å². The zero-order valence-electron chi connectivity index (χ0n) is 17.0. The summed E-state index contributed by atoms with van der Waals surface area (Å²) in [6.07, 6.45) is 5.39. The number of fused-ring (bicyclic) bond motifs is 1. The van der Waals surface area contributed by atoms with Crippen LogP contribution in [0.1, 0.15) is 16.1 Å². The van der Waals surface area contributed by atoms with Crippen LogP contribution in [-0.4, -0.2) is 53.2 Å². The zero-order chi connectivity index (χ0) is 20.9. The lowest BCUT2D eigenvalue weighted by Gasteiger charge is -2.23. The van der Waals surface area contributed by atoms with E-state index in [0.29, 0.717) is 37.6 Å². The van der Waals surface area contributed by atoms with Gasteiger partial charge in [0.2, 0.25) is 0 Å². The average molecular weight is 425 g/mol. The summed E-state index contributed by atoms with van der Waals surface area (Å²) in [4.78, 5) is 20.7. The number of anilines is 2. The van der Waals surface area contributed by atoms with E-state index in [1.54, 1.807) is 31.5 Å². The van der Waals surface area contributed by atoms with E-state index in [2.05, 4.69) is 15.3 Å². The number of carbonyl (C=O) groups excluding carboxylic acids is 1. The van der Waals surface area contributed by atoms with Gasteiger partial charge in [-0.1, -0.05) is 30.1 Å². The molecule has 0 saturated heterocycles. The third-order valence-electron chi connectivity index (χ3n) is 4.91. The first kappa shape index (κ1) is 20.5. The summed E-state index contributed by atoms with van der Waals surface area (Å²) in [5.74, 6) is 0.723. The van der Waals surface area contributed by atoms with Crippen LogP contribution in [0.25, 0.3) is 11.3 Å². The normalized spacial score (nSPS) is 13.9. The summed E-state index contributed by atoms with van der Waals surface area (Å²) in [7, 11) is 1.64. The van der Waals surface area contributed by atoms with Crippen molar-refractivity contribution in [3.05, 3.63) is 60.0 Å². The van der Waals surface area contributed by atoms with Crippen LogP contribution < -0.4 is 10.1 Å². The van der Waals surface area contributed by atoms with Gasteiger partial charge in [-0.15, -0.1) is 0 Å². The number of aromatic nitrogens is 2. The lowest BCUT2D eigenvalue weighted by Crippen LogP contribution is -2.29. The monoisotopic (exact) mass is 424 g/mol. The van der Waals surface area contributed by atoms with Crippen molar-refractivity contribution in [1.82, 2.24) is 14.3 Å². The molecule has 0 saturated carbocycles. The molecule has 0 radical (unpaired) electrons. The minimum atomic E-state index is 0.0856. The van der Waals surface area contributed by atoms with Gasteiger partial charge in [0.05, 0.1) is 42.8 Å². The number of nitrogens with one attached hydrogen (secondary N) is 2. The topological polar surface area (TPSA) is 79.5 Å². The third kappa shape index (κ3) is 4.21. The highest BCUT2D eigenvalue weighted by molar-refractivity contribution is 7.96. The quantitative estimate of drug-likeness (QED) is 0.416. The first-order valence-corrected chi connectivity index (χ1v) is 10.8. The Morgan fingerprint density at radius 3 is 2.80 bits per heavy atom. The number of pyridine rings is 1. The minimum absolute atomic E-state index is 0.0856. The van der Waals surface area contributed by atoms with Crippen molar-refractivity contribution in [2.24, 2.45) is 0 Å². The van der Waals surface area contributed by atoms with E-state index in [1.807, 2.05) is 47.0 Å². The number of hydrogen-bond donors (Lipinski definition) is 2. The van der Waals surface area contributed by atoms with Crippen LogP contribution in [-0.2, 0) is 11.3 Å². The van der Waals surface area contributed by atoms with Crippen molar-refractivity contribution in [2.75, 3.05) is 38.4 Å². The van der Waals surface area contributed by atoms with Gasteiger partial charge in [-0.3, -0.25) is 9.78 Å². The Morgan fingerprint density at radius 2 is 2.03 bits per heavy atom. The Kier molecular flexibility index (Phi) is 6.37. The Bertz CT molecular complexity index is 1020. The zero-order valence-corrected chi connectivity index (χ0v) is 17.8. The number of carbonyl (C=O) groups is 1. The highest BCUT2D eigenvalue weighted by Crippen LogP contribution is 2.41. The number of methoxy groups -OCH3 is 1. The van der Waals surface area contributed by atoms with Crippen molar-refractivity contribution >= 4 is 29.1 Å². The molecule has 1 aliphatic heterocycles. The smallest absolute Gasteiger partial charge is 0.181 e. The number of H-pyrrole nitrogens is 1. The van der Waals surface area contributed by atoms with Crippen LogP contribution in [0.15, 0.2) is 48.8 Å². The van der Waals surface area contributed by atoms with Crippen LogP contribution in [0.4, 0.5) is 11.4 Å². The number of ketones is 1. The van der Waals surface area contributed by atoms with Crippen LogP contribution in [0.3, 0.4) is 0 Å². The molecule has 30 heavy (non-hydrogen) atoms. The van der Waals surface area contributed by atoms with Crippen molar-refractivity contribution in [2.45, 2.75) is 6.54 Å². The number of Topliss-reactive ketones (excluding diaryl/α,β-unsaturated/α-hetero) is 1. The van der Waals surface area contributed by atoms with Gasteiger partial charge in [0, 0.05) is 30.3 Å². The first-order valence-electron chi connectivity index (χ1n) is 9.66. The minimum Gasteiger partial charge on any atom is -0.489 e. The highest BCUT2D eigenvalue weighted by Gasteiger charge is 2.31. The second-order valence-electron chi connectivity index (χ2n) is 6.84. The number of aromatic amines is 1. The van der Waals surface area contributed by atoms with Crippen LogP contribution in [0, 0.1) is 0 Å². The van der Waals surface area contributed by atoms with Gasteiger partial charge in [-0.25, -0.2) is 4.31 Å². The van der Waals surface area contributed by atoms with E-state index >= 15 is 0 Å². The molecule has 2 aromatic heterocycles. The van der Waals surface area contributed by atoms with E-state index in [4.69, 9.17) is 9.47 Å². The molecular formula is C22H24N4O3S. The van der Waals surface area contributed by atoms with Gasteiger partial charge in [0.1, 0.15) is 12.4 Å². The average Bonchev–Trinajstić information content (AvgIpc) is 3.13. The number of rotatable bonds is 8. The van der Waals surface area contributed by atoms with E-state index in [9.17, 15) is 4.79 Å². The molecule has 1 aliphatic rings. The fourth-order valence-corrected chi connectivity index (χ4v) is 4.01. The maximum Gasteiger partial charge on any atom is 0.181 e. The molecule has 0 fully saturated rings. The van der Waals surface area contributed by atoms with E-state index in [-0.39, 0.29) is 5.78 Å². The summed E-state index contributed by atoms with van der Waals surface area (Å²) in [6, 6.07) is 11.7. The third-order valence-corrected chi connectivity index (χ3v) is 5.69. The molecule has 0 amide bonds. The fraction of sp³-hybridized carbons (Fsp3) is 0.273. The maximum atomic E-state index is 13.0. The standard InChI is InChI=1S/C22H24N4O3S/c1-28-10-11-29-19-12-23-9-8-16(19)21-22(24-15-6-4-3-5-7-15)20-17(25-21)13-26(30-2)14-18(20)27/h3-9,12,24-25H,10-11,13-14H2,1-2H3. The van der Waals surface area contributed by atoms with Gasteiger partial charge >= 0.3 is 0 Å². The Morgan fingerprint density at radius 1 is 1.20 bits per heavy atom. The fourth-order valence-electron chi connectivity index (χ4n) is 3.51. The largest absolute Gasteiger partial charge is 0.489 e. The molecule has 0 atom stereocenters. The predicted octanol–water partition coefficient (Wildman–Crippen LogP) is 4.12. The first-order chi connectivity index (χ1) is 14.7. The summed E-state index contributed by atoms with van der Waals surface area (Å²) in [5, 5.41) is 3.46. The number of benzene rings is 1. The summed E-state index contributed by atoms with van der Waals surface area (Å²) in [5.41, 5.74) is 4.95. The Balaban J connectivity index is 1.81. The van der Waals surface area contributed by atoms with Crippen molar-refractivity contribution in [1.29, 1.82) is 0 Å². The number of hydrogen-bond acceptors (Lipinski definition) is 7. The Labute approximate surface area is 179 Å². The number of nitrogens with zero attached hydrogens (tertiary/aromatic N) is 2. The van der Waals surface area contributed by atoms with Crippen molar-refractivity contribution in [3.63, 3.8) is 0 Å². The molecule has 0 bridgehead atoms. The Hall–Kier alpha value is -2.81. The summed E-state index contributed by atoms with van der Waals surface area (Å²) in [6.45, 7) is 1.93. The molecule has 1 aromatic carbocycles. The van der Waals surface area contributed by atoms with E-state index < -0.39 is 0 Å². The molecule has 0 spiro atoms. The second-order valence-corrected chi connectivity index (χ2v) is 7.72. The van der Waals surface area contributed by atoms with Crippen LogP contribution in [0.2, 0.25) is 0 Å². The molecule has 8 heteroatoms. The van der Waals surface area contributed by atoms with Crippen LogP contribution >= 0.6 is 11.9 Å². The molecule has 0 aliphatic carbocycles. The van der Waals surface area contributed by atoms with Gasteiger partial charge in [0.25, 0.3) is 0 Å². The lowest BCUT2D eigenvalue weighted by molar-refractivity contribution is 0.0955. The van der Waals surface area contributed by atoms with Crippen LogP contribution in [0.5, 0.6) is 5.75 Å². The molecule has 0 unspecified atom stereocenters. The second kappa shape index (κ2) is 9.34. The van der Waals surface area contributed by atoms with E-state index in [0.717, 1.165) is 28.3 Å². The van der Waals surface area contributed by atoms with Gasteiger partial charge in [-0.05, 0) is 24.5 Å². The van der Waals surface area contributed by atoms with Crippen molar-refractivity contribution < 1.29 is 14.3 Å². The molecular weight excluding hydrogens is 400 g/mol. The van der Waals surface area contributed by atoms with Crippen molar-refractivity contribution in [3.8, 4) is 17.0 Å². The molecule has 156 valence electrons. The molecule has 2 N–H and O–H groups in total. The van der Waals surface area contributed by atoms with Gasteiger partial charge in [0.15, 0.2) is 5.78 Å². The predicted molar refractivity (Wildman–Crippen MR) is 119 cm³/mol. The molecule has 7 nitrogen and oxygen atoms in total.